The van der Waals surface area contributed by atoms with Crippen molar-refractivity contribution in [2.75, 3.05) is 25.4 Å². The molecule has 6 heteroatoms. The van der Waals surface area contributed by atoms with Crippen LogP contribution in [0.5, 0.6) is 0 Å². The van der Waals surface area contributed by atoms with E-state index in [9.17, 15) is 0 Å². The maximum atomic E-state index is 4.37. The topological polar surface area (TPSA) is 46.8 Å². The monoisotopic (exact) mass is 405 g/mol. The summed E-state index contributed by atoms with van der Waals surface area (Å²) in [7, 11) is 2.03. The molecule has 0 radical (unpaired) electrons. The molecule has 0 bridgehead atoms. The van der Waals surface area contributed by atoms with Crippen LogP contribution in [0.4, 0.5) is 0 Å². The molecule has 3 aromatic rings. The van der Waals surface area contributed by atoms with Crippen LogP contribution in [-0.4, -0.2) is 50.0 Å². The normalized spacial score (nSPS) is 23.7. The van der Waals surface area contributed by atoms with Crippen molar-refractivity contribution in [2.45, 2.75) is 30.3 Å². The lowest BCUT2D eigenvalue weighted by atomic mass is 9.98. The van der Waals surface area contributed by atoms with E-state index in [1.165, 1.54) is 44.5 Å². The summed E-state index contributed by atoms with van der Waals surface area (Å²) in [4.78, 5) is 6.85. The SMILES string of the molecule is Cn1c(SCCCN2CC[C@@]3(C[C@H]3c3ccccc3)C2)nnc1-c1cccnc1. The fraction of sp³-hybridized carbons (Fsp3) is 0.435. The lowest BCUT2D eigenvalue weighted by Crippen LogP contribution is -2.23. The highest BCUT2D eigenvalue weighted by atomic mass is 32.2. The minimum absolute atomic E-state index is 0.566. The van der Waals surface area contributed by atoms with Gasteiger partial charge in [-0.2, -0.15) is 0 Å². The first-order chi connectivity index (χ1) is 14.3. The first-order valence-corrected chi connectivity index (χ1v) is 11.4. The van der Waals surface area contributed by atoms with Gasteiger partial charge in [0.05, 0.1) is 0 Å². The Morgan fingerprint density at radius 2 is 2.03 bits per heavy atom. The van der Waals surface area contributed by atoms with Gasteiger partial charge in [0.2, 0.25) is 0 Å². The second-order valence-corrected chi connectivity index (χ2v) is 9.43. The van der Waals surface area contributed by atoms with E-state index in [2.05, 4.69) is 55.0 Å². The van der Waals surface area contributed by atoms with Gasteiger partial charge >= 0.3 is 0 Å². The molecule has 0 unspecified atom stereocenters. The highest BCUT2D eigenvalue weighted by Gasteiger charge is 2.57. The molecule has 29 heavy (non-hydrogen) atoms. The number of pyridine rings is 1. The number of thioether (sulfide) groups is 1. The molecule has 2 aromatic heterocycles. The van der Waals surface area contributed by atoms with Gasteiger partial charge in [-0.1, -0.05) is 42.1 Å². The largest absolute Gasteiger partial charge is 0.305 e. The third kappa shape index (κ3) is 3.83. The molecule has 1 saturated heterocycles. The van der Waals surface area contributed by atoms with E-state index >= 15 is 0 Å². The van der Waals surface area contributed by atoms with Gasteiger partial charge in [-0.05, 0) is 61.4 Å². The zero-order valence-corrected chi connectivity index (χ0v) is 17.7. The molecule has 5 rings (SSSR count). The summed E-state index contributed by atoms with van der Waals surface area (Å²) in [6.07, 6.45) is 7.53. The van der Waals surface area contributed by atoms with Crippen LogP contribution >= 0.6 is 11.8 Å². The molecule has 1 saturated carbocycles. The first-order valence-electron chi connectivity index (χ1n) is 10.5. The van der Waals surface area contributed by atoms with Crippen LogP contribution < -0.4 is 0 Å². The summed E-state index contributed by atoms with van der Waals surface area (Å²) >= 11 is 1.80. The molecule has 1 aliphatic heterocycles. The Morgan fingerprint density at radius 1 is 1.14 bits per heavy atom. The van der Waals surface area contributed by atoms with Crippen LogP contribution in [0.25, 0.3) is 11.4 Å². The van der Waals surface area contributed by atoms with E-state index in [0.29, 0.717) is 5.41 Å². The number of hydrogen-bond donors (Lipinski definition) is 0. The minimum Gasteiger partial charge on any atom is -0.305 e. The van der Waals surface area contributed by atoms with Gasteiger partial charge in [0, 0.05) is 37.3 Å². The molecule has 3 heterocycles. The zero-order chi connectivity index (χ0) is 19.7. The molecular weight excluding hydrogens is 378 g/mol. The molecule has 5 nitrogen and oxygen atoms in total. The number of nitrogens with zero attached hydrogens (tertiary/aromatic N) is 5. The number of aromatic nitrogens is 4. The quantitative estimate of drug-likeness (QED) is 0.435. The highest BCUT2D eigenvalue weighted by molar-refractivity contribution is 7.99. The smallest absolute Gasteiger partial charge is 0.191 e. The molecule has 2 aliphatic rings. The summed E-state index contributed by atoms with van der Waals surface area (Å²) in [5, 5.41) is 9.70. The molecule has 150 valence electrons. The average Bonchev–Trinajstić information content (AvgIpc) is 3.11. The molecule has 0 amide bonds. The third-order valence-electron chi connectivity index (χ3n) is 6.46. The van der Waals surface area contributed by atoms with Crippen LogP contribution in [0.1, 0.15) is 30.7 Å². The lowest BCUT2D eigenvalue weighted by Gasteiger charge is -2.16. The van der Waals surface area contributed by atoms with Gasteiger partial charge in [0.25, 0.3) is 0 Å². The Morgan fingerprint density at radius 3 is 2.86 bits per heavy atom. The Kier molecular flexibility index (Phi) is 5.14. The Balaban J connectivity index is 1.09. The predicted octanol–water partition coefficient (Wildman–Crippen LogP) is 4.24. The Bertz CT molecular complexity index is 958. The maximum absolute atomic E-state index is 4.37. The minimum atomic E-state index is 0.566. The van der Waals surface area contributed by atoms with E-state index in [4.69, 9.17) is 0 Å². The number of rotatable bonds is 7. The fourth-order valence-corrected chi connectivity index (χ4v) is 5.60. The van der Waals surface area contributed by atoms with Gasteiger partial charge in [0.15, 0.2) is 11.0 Å². The van der Waals surface area contributed by atoms with Gasteiger partial charge in [-0.25, -0.2) is 0 Å². The van der Waals surface area contributed by atoms with E-state index < -0.39 is 0 Å². The number of benzene rings is 1. The van der Waals surface area contributed by atoms with E-state index in [1.54, 1.807) is 18.0 Å². The lowest BCUT2D eigenvalue weighted by molar-refractivity contribution is 0.319. The third-order valence-corrected chi connectivity index (χ3v) is 7.57. The first kappa shape index (κ1) is 18.8. The number of hydrogen-bond acceptors (Lipinski definition) is 5. The van der Waals surface area contributed by atoms with Crippen LogP contribution in [0, 0.1) is 5.41 Å². The summed E-state index contributed by atoms with van der Waals surface area (Å²) in [5.41, 5.74) is 3.11. The maximum Gasteiger partial charge on any atom is 0.191 e. The van der Waals surface area contributed by atoms with E-state index in [1.807, 2.05) is 25.4 Å². The van der Waals surface area contributed by atoms with Crippen LogP contribution in [0.3, 0.4) is 0 Å². The van der Waals surface area contributed by atoms with E-state index in [-0.39, 0.29) is 0 Å². The van der Waals surface area contributed by atoms with Crippen molar-refractivity contribution in [3.05, 3.63) is 60.4 Å². The van der Waals surface area contributed by atoms with Crippen molar-refractivity contribution < 1.29 is 0 Å². The van der Waals surface area contributed by atoms with Gasteiger partial charge in [0.1, 0.15) is 0 Å². The molecule has 0 N–H and O–H groups in total. The van der Waals surface area contributed by atoms with Crippen molar-refractivity contribution in [2.24, 2.45) is 12.5 Å². The molecular formula is C23H27N5S. The molecule has 1 aromatic carbocycles. The summed E-state index contributed by atoms with van der Waals surface area (Å²) in [6.45, 7) is 3.71. The van der Waals surface area contributed by atoms with Crippen molar-refractivity contribution in [1.82, 2.24) is 24.6 Å². The average molecular weight is 406 g/mol. The standard InChI is InChI=1S/C23H27N5S/c1-27-21(19-9-5-11-24-16-19)25-26-22(27)29-14-6-12-28-13-10-23(17-28)15-20(23)18-7-3-2-4-8-18/h2-5,7-9,11,16,20H,6,10,12-15,17H2,1H3/t20-,23+/m0/s1. The molecule has 2 atom stereocenters. The van der Waals surface area contributed by atoms with Crippen molar-refractivity contribution in [1.29, 1.82) is 0 Å². The van der Waals surface area contributed by atoms with Gasteiger partial charge in [-0.15, -0.1) is 10.2 Å². The van der Waals surface area contributed by atoms with Crippen LogP contribution in [0.15, 0.2) is 60.0 Å². The predicted molar refractivity (Wildman–Crippen MR) is 117 cm³/mol. The molecule has 1 spiro atoms. The van der Waals surface area contributed by atoms with Crippen LogP contribution in [0.2, 0.25) is 0 Å². The Hall–Kier alpha value is -2.18. The second kappa shape index (κ2) is 7.92. The summed E-state index contributed by atoms with van der Waals surface area (Å²) in [6, 6.07) is 15.0. The van der Waals surface area contributed by atoms with Crippen LogP contribution in [-0.2, 0) is 7.05 Å². The number of likely N-dealkylation sites (tertiary alicyclic amines) is 1. The highest BCUT2D eigenvalue weighted by Crippen LogP contribution is 2.63. The van der Waals surface area contributed by atoms with Crippen molar-refractivity contribution in [3.63, 3.8) is 0 Å². The van der Waals surface area contributed by atoms with Gasteiger partial charge in [-0.3, -0.25) is 4.98 Å². The van der Waals surface area contributed by atoms with E-state index in [0.717, 1.165) is 28.2 Å². The zero-order valence-electron chi connectivity index (χ0n) is 16.9. The fourth-order valence-electron chi connectivity index (χ4n) is 4.77. The van der Waals surface area contributed by atoms with Crippen molar-refractivity contribution in [3.8, 4) is 11.4 Å². The molecule has 2 fully saturated rings. The molecule has 1 aliphatic carbocycles. The summed E-state index contributed by atoms with van der Waals surface area (Å²) < 4.78 is 2.07. The second-order valence-electron chi connectivity index (χ2n) is 8.36. The van der Waals surface area contributed by atoms with Crippen molar-refractivity contribution >= 4 is 11.8 Å². The Labute approximate surface area is 176 Å². The summed E-state index contributed by atoms with van der Waals surface area (Å²) in [5.74, 6) is 2.74. The van der Waals surface area contributed by atoms with Gasteiger partial charge < -0.3 is 9.47 Å².